The van der Waals surface area contributed by atoms with Crippen molar-refractivity contribution >= 4 is 5.97 Å². The van der Waals surface area contributed by atoms with Gasteiger partial charge in [0.25, 0.3) is 5.89 Å². The Labute approximate surface area is 116 Å². The van der Waals surface area contributed by atoms with E-state index in [4.69, 9.17) is 14.0 Å². The van der Waals surface area contributed by atoms with Crippen LogP contribution in [0.25, 0.3) is 0 Å². The molecule has 1 atom stereocenters. The van der Waals surface area contributed by atoms with Crippen LogP contribution in [0.3, 0.4) is 0 Å². The number of nitrogens with zero attached hydrogens (tertiary/aromatic N) is 2. The third-order valence-corrected chi connectivity index (χ3v) is 2.65. The number of rotatable bonds is 5. The van der Waals surface area contributed by atoms with Gasteiger partial charge in [-0.2, -0.15) is 4.98 Å². The van der Waals surface area contributed by atoms with Crippen LogP contribution < -0.4 is 0 Å². The standard InChI is InChI=1S/C14H16N2O4/c1-9(13-15-10(2)16-20-13)19-14(17)12-6-4-5-11(7-12)8-18-3/h4-7,9H,8H2,1-3H3. The molecular formula is C14H16N2O4. The maximum Gasteiger partial charge on any atom is 0.338 e. The summed E-state index contributed by atoms with van der Waals surface area (Å²) in [6, 6.07) is 7.09. The second-order valence-electron chi connectivity index (χ2n) is 4.36. The molecule has 1 heterocycles. The van der Waals surface area contributed by atoms with Crippen molar-refractivity contribution in [2.75, 3.05) is 7.11 Å². The second-order valence-corrected chi connectivity index (χ2v) is 4.36. The number of carbonyl (C=O) groups is 1. The Morgan fingerprint density at radius 1 is 1.45 bits per heavy atom. The number of hydrogen-bond acceptors (Lipinski definition) is 6. The quantitative estimate of drug-likeness (QED) is 0.781. The molecule has 0 saturated carbocycles. The van der Waals surface area contributed by atoms with Crippen molar-refractivity contribution in [3.05, 3.63) is 47.1 Å². The minimum absolute atomic E-state index is 0.281. The minimum Gasteiger partial charge on any atom is -0.449 e. The van der Waals surface area contributed by atoms with Crippen LogP contribution in [0.15, 0.2) is 28.8 Å². The lowest BCUT2D eigenvalue weighted by Crippen LogP contribution is -2.10. The highest BCUT2D eigenvalue weighted by atomic mass is 16.6. The Morgan fingerprint density at radius 3 is 2.90 bits per heavy atom. The molecule has 0 aliphatic rings. The molecule has 1 unspecified atom stereocenters. The molecule has 0 aliphatic heterocycles. The summed E-state index contributed by atoms with van der Waals surface area (Å²) in [5.41, 5.74) is 1.37. The molecule has 0 N–H and O–H groups in total. The smallest absolute Gasteiger partial charge is 0.338 e. The molecule has 1 aromatic heterocycles. The van der Waals surface area contributed by atoms with E-state index in [9.17, 15) is 4.79 Å². The van der Waals surface area contributed by atoms with Crippen molar-refractivity contribution in [1.82, 2.24) is 10.1 Å². The SMILES string of the molecule is COCc1cccc(C(=O)OC(C)c2nc(C)no2)c1. The van der Waals surface area contributed by atoms with Gasteiger partial charge < -0.3 is 14.0 Å². The molecule has 0 amide bonds. The monoisotopic (exact) mass is 276 g/mol. The van der Waals surface area contributed by atoms with Gasteiger partial charge in [0.2, 0.25) is 0 Å². The summed E-state index contributed by atoms with van der Waals surface area (Å²) in [5.74, 6) is 0.347. The lowest BCUT2D eigenvalue weighted by molar-refractivity contribution is 0.0265. The van der Waals surface area contributed by atoms with Crippen LogP contribution in [-0.2, 0) is 16.1 Å². The molecule has 0 aliphatic carbocycles. The highest BCUT2D eigenvalue weighted by Gasteiger charge is 2.18. The predicted molar refractivity (Wildman–Crippen MR) is 70.0 cm³/mol. The normalized spacial score (nSPS) is 12.2. The van der Waals surface area contributed by atoms with Crippen LogP contribution >= 0.6 is 0 Å². The number of hydrogen-bond donors (Lipinski definition) is 0. The van der Waals surface area contributed by atoms with Gasteiger partial charge in [-0.1, -0.05) is 17.3 Å². The van der Waals surface area contributed by atoms with Crippen LogP contribution in [0.1, 0.15) is 40.7 Å². The molecule has 1 aromatic carbocycles. The van der Waals surface area contributed by atoms with Gasteiger partial charge in [0.15, 0.2) is 11.9 Å². The lowest BCUT2D eigenvalue weighted by Gasteiger charge is -2.09. The number of methoxy groups -OCH3 is 1. The van der Waals surface area contributed by atoms with E-state index in [1.165, 1.54) is 0 Å². The Kier molecular flexibility index (Phi) is 4.47. The van der Waals surface area contributed by atoms with E-state index in [1.807, 2.05) is 6.07 Å². The number of ether oxygens (including phenoxy) is 2. The summed E-state index contributed by atoms with van der Waals surface area (Å²) >= 11 is 0. The fourth-order valence-corrected chi connectivity index (χ4v) is 1.71. The first-order chi connectivity index (χ1) is 9.60. The predicted octanol–water partition coefficient (Wildman–Crippen LogP) is 2.44. The molecule has 0 radical (unpaired) electrons. The van der Waals surface area contributed by atoms with E-state index in [2.05, 4.69) is 10.1 Å². The third kappa shape index (κ3) is 3.42. The van der Waals surface area contributed by atoms with Gasteiger partial charge in [0.1, 0.15) is 0 Å². The van der Waals surface area contributed by atoms with Gasteiger partial charge >= 0.3 is 5.97 Å². The third-order valence-electron chi connectivity index (χ3n) is 2.65. The number of benzene rings is 1. The second kappa shape index (κ2) is 6.29. The highest BCUT2D eigenvalue weighted by molar-refractivity contribution is 5.89. The summed E-state index contributed by atoms with van der Waals surface area (Å²) in [6.45, 7) is 3.83. The van der Waals surface area contributed by atoms with Gasteiger partial charge in [-0.25, -0.2) is 4.79 Å². The molecule has 6 nitrogen and oxygen atoms in total. The van der Waals surface area contributed by atoms with Crippen LogP contribution in [0, 0.1) is 6.92 Å². The van der Waals surface area contributed by atoms with Crippen LogP contribution in [0.2, 0.25) is 0 Å². The molecule has 0 spiro atoms. The van der Waals surface area contributed by atoms with Gasteiger partial charge in [0, 0.05) is 7.11 Å². The van der Waals surface area contributed by atoms with Crippen molar-refractivity contribution in [2.45, 2.75) is 26.6 Å². The average Bonchev–Trinajstić information content (AvgIpc) is 2.86. The zero-order valence-corrected chi connectivity index (χ0v) is 11.6. The van der Waals surface area contributed by atoms with Crippen LogP contribution in [0.5, 0.6) is 0 Å². The van der Waals surface area contributed by atoms with Crippen molar-refractivity contribution in [3.8, 4) is 0 Å². The van der Waals surface area contributed by atoms with Gasteiger partial charge in [-0.15, -0.1) is 0 Å². The summed E-state index contributed by atoms with van der Waals surface area (Å²) < 4.78 is 15.3. The van der Waals surface area contributed by atoms with Gasteiger partial charge in [-0.3, -0.25) is 0 Å². The summed E-state index contributed by atoms with van der Waals surface area (Å²) in [6.07, 6.45) is -0.588. The molecule has 0 bridgehead atoms. The van der Waals surface area contributed by atoms with E-state index in [0.717, 1.165) is 5.56 Å². The largest absolute Gasteiger partial charge is 0.449 e. The van der Waals surface area contributed by atoms with E-state index in [1.54, 1.807) is 39.2 Å². The molecule has 106 valence electrons. The molecule has 20 heavy (non-hydrogen) atoms. The summed E-state index contributed by atoms with van der Waals surface area (Å²) in [4.78, 5) is 16.1. The number of carbonyl (C=O) groups excluding carboxylic acids is 1. The molecule has 2 rings (SSSR count). The number of esters is 1. The van der Waals surface area contributed by atoms with E-state index in [-0.39, 0.29) is 5.89 Å². The van der Waals surface area contributed by atoms with Gasteiger partial charge in [0.05, 0.1) is 12.2 Å². The Morgan fingerprint density at radius 2 is 2.25 bits per heavy atom. The Balaban J connectivity index is 2.06. The van der Waals surface area contributed by atoms with E-state index in [0.29, 0.717) is 18.0 Å². The number of aromatic nitrogens is 2. The molecule has 0 fully saturated rings. The van der Waals surface area contributed by atoms with Crippen LogP contribution in [0.4, 0.5) is 0 Å². The maximum absolute atomic E-state index is 12.0. The average molecular weight is 276 g/mol. The fourth-order valence-electron chi connectivity index (χ4n) is 1.71. The first-order valence-electron chi connectivity index (χ1n) is 6.19. The fraction of sp³-hybridized carbons (Fsp3) is 0.357. The van der Waals surface area contributed by atoms with Crippen molar-refractivity contribution in [1.29, 1.82) is 0 Å². The Hall–Kier alpha value is -2.21. The molecule has 6 heteroatoms. The minimum atomic E-state index is -0.588. The van der Waals surface area contributed by atoms with Crippen molar-refractivity contribution in [3.63, 3.8) is 0 Å². The zero-order valence-electron chi connectivity index (χ0n) is 11.6. The van der Waals surface area contributed by atoms with E-state index >= 15 is 0 Å². The summed E-state index contributed by atoms with van der Waals surface area (Å²) in [5, 5.41) is 3.66. The first-order valence-corrected chi connectivity index (χ1v) is 6.19. The van der Waals surface area contributed by atoms with Gasteiger partial charge in [-0.05, 0) is 31.5 Å². The first kappa shape index (κ1) is 14.2. The number of aryl methyl sites for hydroxylation is 1. The molecule has 0 saturated heterocycles. The summed E-state index contributed by atoms with van der Waals surface area (Å²) in [7, 11) is 1.60. The zero-order chi connectivity index (χ0) is 14.5. The van der Waals surface area contributed by atoms with Crippen LogP contribution in [-0.4, -0.2) is 23.2 Å². The van der Waals surface area contributed by atoms with Crippen molar-refractivity contribution in [2.24, 2.45) is 0 Å². The lowest BCUT2D eigenvalue weighted by atomic mass is 10.1. The molecular weight excluding hydrogens is 260 g/mol. The van der Waals surface area contributed by atoms with Crippen molar-refractivity contribution < 1.29 is 18.8 Å². The molecule has 2 aromatic rings. The Bertz CT molecular complexity index is 594. The van der Waals surface area contributed by atoms with E-state index < -0.39 is 12.1 Å². The maximum atomic E-state index is 12.0. The highest BCUT2D eigenvalue weighted by Crippen LogP contribution is 2.17. The topological polar surface area (TPSA) is 74.5 Å².